The van der Waals surface area contributed by atoms with Crippen LogP contribution in [0.15, 0.2) is 91.0 Å². The second-order valence-electron chi connectivity index (χ2n) is 10.4. The Morgan fingerprint density at radius 2 is 0.711 bits per heavy atom. The van der Waals surface area contributed by atoms with Crippen LogP contribution in [0.1, 0.15) is 79.1 Å². The zero-order valence-electron chi connectivity index (χ0n) is 24.3. The van der Waals surface area contributed by atoms with Crippen LogP contribution < -0.4 is 20.3 Å². The van der Waals surface area contributed by atoms with Crippen LogP contribution in [-0.4, -0.2) is 39.1 Å². The Labute approximate surface area is 233 Å². The van der Waals surface area contributed by atoms with Crippen molar-refractivity contribution >= 4 is 24.0 Å². The lowest BCUT2D eigenvalue weighted by Gasteiger charge is -2.39. The third kappa shape index (κ3) is 10.1. The Kier molecular flexibility index (Phi) is 16.7. The summed E-state index contributed by atoms with van der Waals surface area (Å²) in [5, 5.41) is 2.37. The second kappa shape index (κ2) is 18.9. The van der Waals surface area contributed by atoms with Gasteiger partial charge in [0, 0.05) is 0 Å². The van der Waals surface area contributed by atoms with Crippen molar-refractivity contribution in [2.45, 2.75) is 79.1 Å². The van der Waals surface area contributed by atoms with Crippen molar-refractivity contribution in [3.8, 4) is 0 Å². The molecule has 0 N–H and O–H groups in total. The zero-order chi connectivity index (χ0) is 26.8. The summed E-state index contributed by atoms with van der Waals surface area (Å²) < 4.78 is 17.5. The molecule has 0 aliphatic heterocycles. The van der Waals surface area contributed by atoms with Gasteiger partial charge >= 0.3 is 8.41 Å². The molecule has 0 fully saturated rings. The molecule has 0 atom stereocenters. The highest BCUT2D eigenvalue weighted by atomic mass is 28.4. The van der Waals surface area contributed by atoms with Crippen molar-refractivity contribution in [2.24, 2.45) is 0 Å². The lowest BCUT2D eigenvalue weighted by atomic mass is 10.1. The molecule has 3 aromatic carbocycles. The van der Waals surface area contributed by atoms with E-state index in [2.05, 4.69) is 27.7 Å². The molecule has 4 heteroatoms. The largest absolute Gasteiger partial charge is 1.00 e. The monoisotopic (exact) mass is 539 g/mol. The molecule has 0 aliphatic carbocycles. The molecule has 0 spiro atoms. The van der Waals surface area contributed by atoms with Crippen molar-refractivity contribution < 1.29 is 13.3 Å². The summed E-state index contributed by atoms with van der Waals surface area (Å²) in [6.45, 7) is 15.0. The third-order valence-electron chi connectivity index (χ3n) is 7.46. The molecule has 0 aliphatic rings. The topological polar surface area (TPSA) is 0 Å². The third-order valence-corrected chi connectivity index (χ3v) is 10.8. The van der Waals surface area contributed by atoms with E-state index in [1.807, 2.05) is 91.0 Å². The summed E-state index contributed by atoms with van der Waals surface area (Å²) >= 11 is 0. The first-order valence-electron chi connectivity index (χ1n) is 14.8. The van der Waals surface area contributed by atoms with Crippen LogP contribution in [0, 0.1) is 0 Å². The zero-order valence-corrected chi connectivity index (χ0v) is 25.3. The number of benzene rings is 3. The van der Waals surface area contributed by atoms with Gasteiger partial charge in [-0.15, -0.1) is 0 Å². The lowest BCUT2D eigenvalue weighted by molar-refractivity contribution is -0.929. The molecule has 0 heterocycles. The highest BCUT2D eigenvalue weighted by molar-refractivity contribution is 7.06. The molecule has 0 saturated carbocycles. The van der Waals surface area contributed by atoms with E-state index in [1.165, 1.54) is 82.0 Å². The quantitative estimate of drug-likeness (QED) is 0.114. The average molecular weight is 540 g/mol. The minimum absolute atomic E-state index is 0. The Hall–Kier alpha value is -2.30. The van der Waals surface area contributed by atoms with Gasteiger partial charge in [0.25, 0.3) is 0 Å². The molecule has 0 saturated heterocycles. The Bertz CT molecular complexity index is 816. The molecular weight excluding hydrogens is 488 g/mol. The summed E-state index contributed by atoms with van der Waals surface area (Å²) in [5.74, 6) is 0. The van der Waals surface area contributed by atoms with Crippen molar-refractivity contribution in [3.63, 3.8) is 0 Å². The van der Waals surface area contributed by atoms with Crippen LogP contribution in [0.3, 0.4) is 0 Å². The number of nitrogens with zero attached hydrogens (tertiary/aromatic N) is 1. The predicted octanol–water partition coefficient (Wildman–Crippen LogP) is 4.63. The summed E-state index contributed by atoms with van der Waals surface area (Å²) in [6, 6.07) is 28.6. The van der Waals surface area contributed by atoms with Crippen molar-refractivity contribution in [1.29, 1.82) is 0 Å². The van der Waals surface area contributed by atoms with E-state index >= 15 is 4.11 Å². The normalized spacial score (nSPS) is 11.3. The molecule has 0 unspecified atom stereocenters. The smallest absolute Gasteiger partial charge is 0.339 e. The predicted molar refractivity (Wildman–Crippen MR) is 164 cm³/mol. The van der Waals surface area contributed by atoms with Gasteiger partial charge in [-0.05, 0) is 41.2 Å². The number of quaternary nitrogens is 1. The van der Waals surface area contributed by atoms with Crippen LogP contribution in [0.5, 0.6) is 0 Å². The number of hydrogen-bond donors (Lipinski definition) is 0. The average Bonchev–Trinajstić information content (AvgIpc) is 2.97. The number of halogens is 2. The van der Waals surface area contributed by atoms with Gasteiger partial charge in [0.1, 0.15) is 0 Å². The van der Waals surface area contributed by atoms with Gasteiger partial charge in [0.2, 0.25) is 0 Å². The van der Waals surface area contributed by atoms with Gasteiger partial charge in [0.15, 0.2) is 0 Å². The summed E-state index contributed by atoms with van der Waals surface area (Å²) in [7, 11) is -3.38. The van der Waals surface area contributed by atoms with Gasteiger partial charge < -0.3 is 9.19 Å². The van der Waals surface area contributed by atoms with Crippen LogP contribution in [0.4, 0.5) is 4.11 Å². The number of rotatable bonds is 15. The first-order chi connectivity index (χ1) is 18.1. The van der Waals surface area contributed by atoms with E-state index < -0.39 is 8.41 Å². The molecule has 0 amide bonds. The number of hydrogen-bond acceptors (Lipinski definition) is 0. The first kappa shape index (κ1) is 33.7. The van der Waals surface area contributed by atoms with Crippen molar-refractivity contribution in [1.82, 2.24) is 0 Å². The molecular formula is C34H51F2NSi. The maximum atomic E-state index is 16.1. The van der Waals surface area contributed by atoms with E-state index in [1.54, 1.807) is 0 Å². The van der Waals surface area contributed by atoms with E-state index in [9.17, 15) is 0 Å². The summed E-state index contributed by atoms with van der Waals surface area (Å²) in [5.41, 5.74) is 0. The fraction of sp³-hybridized carbons (Fsp3) is 0.471. The van der Waals surface area contributed by atoms with Gasteiger partial charge in [-0.1, -0.05) is 144 Å². The highest BCUT2D eigenvalue weighted by Gasteiger charge is 2.40. The Morgan fingerprint density at radius 3 is 0.921 bits per heavy atom. The summed E-state index contributed by atoms with van der Waals surface area (Å²) in [4.78, 5) is 0. The van der Waals surface area contributed by atoms with Gasteiger partial charge in [0.05, 0.1) is 26.2 Å². The first-order valence-corrected chi connectivity index (χ1v) is 16.6. The van der Waals surface area contributed by atoms with E-state index in [-0.39, 0.29) is 4.70 Å². The minimum Gasteiger partial charge on any atom is -1.00 e. The fourth-order valence-corrected chi connectivity index (χ4v) is 8.10. The van der Waals surface area contributed by atoms with Crippen LogP contribution in [0.2, 0.25) is 0 Å². The highest BCUT2D eigenvalue weighted by Crippen LogP contribution is 2.16. The molecule has 3 aromatic rings. The van der Waals surface area contributed by atoms with Gasteiger partial charge in [-0.2, -0.15) is 0 Å². The maximum absolute atomic E-state index is 16.1. The Balaban J connectivity index is 0.000000377. The molecule has 38 heavy (non-hydrogen) atoms. The Morgan fingerprint density at radius 1 is 0.474 bits per heavy atom. The van der Waals surface area contributed by atoms with Crippen LogP contribution in [-0.2, 0) is 0 Å². The molecule has 0 radical (unpaired) electrons. The molecule has 210 valence electrons. The SMILES string of the molecule is CCCC[N+](CCCC)(CCCC)CCCC.F[Si](c1ccccc1)(c1ccccc1)c1ccccc1.[F-]. The van der Waals surface area contributed by atoms with Crippen molar-refractivity contribution in [3.05, 3.63) is 91.0 Å². The molecule has 0 aromatic heterocycles. The number of unbranched alkanes of at least 4 members (excludes halogenated alkanes) is 4. The van der Waals surface area contributed by atoms with Gasteiger partial charge in [-0.25, -0.2) is 0 Å². The van der Waals surface area contributed by atoms with Crippen LogP contribution >= 0.6 is 0 Å². The fourth-order valence-electron chi connectivity index (χ4n) is 5.15. The lowest BCUT2D eigenvalue weighted by Crippen LogP contribution is -3.00. The molecule has 3 rings (SSSR count). The minimum atomic E-state index is -3.38. The maximum Gasteiger partial charge on any atom is 0.339 e. The van der Waals surface area contributed by atoms with E-state index in [0.717, 1.165) is 15.6 Å². The second-order valence-corrected chi connectivity index (χ2v) is 13.5. The standard InChI is InChI=1S/C18H15FSi.C16H36N.FH/c19-20(16-10-4-1-5-11-16,17-12-6-2-7-13-17)18-14-8-3-9-15-18;1-5-9-13-17(14-10-6-2,15-11-7-3)16-12-8-4;/h1-15H;5-16H2,1-4H3;1H/q;+1;/p-1. The van der Waals surface area contributed by atoms with E-state index in [4.69, 9.17) is 0 Å². The molecule has 1 nitrogen and oxygen atoms in total. The van der Waals surface area contributed by atoms with Gasteiger partial charge in [-0.3, -0.25) is 4.11 Å². The summed E-state index contributed by atoms with van der Waals surface area (Å²) in [6.07, 6.45) is 11.1. The molecule has 0 bridgehead atoms. The van der Waals surface area contributed by atoms with Crippen LogP contribution in [0.25, 0.3) is 0 Å². The van der Waals surface area contributed by atoms with E-state index in [0.29, 0.717) is 0 Å². The van der Waals surface area contributed by atoms with Crippen molar-refractivity contribution in [2.75, 3.05) is 26.2 Å².